The Morgan fingerprint density at radius 3 is 2.83 bits per heavy atom. The smallest absolute Gasteiger partial charge is 0.255 e. The lowest BCUT2D eigenvalue weighted by Gasteiger charge is -2.43. The number of hydrogen-bond donors (Lipinski definition) is 0. The second-order valence-electron chi connectivity index (χ2n) is 8.46. The molecule has 1 saturated heterocycles. The number of rotatable bonds is 7. The highest BCUT2D eigenvalue weighted by Crippen LogP contribution is 2.35. The van der Waals surface area contributed by atoms with E-state index in [9.17, 15) is 9.59 Å². The van der Waals surface area contributed by atoms with Gasteiger partial charge in [0.25, 0.3) is 5.56 Å². The van der Waals surface area contributed by atoms with Gasteiger partial charge in [0, 0.05) is 57.0 Å². The van der Waals surface area contributed by atoms with Crippen LogP contribution in [-0.4, -0.2) is 68.4 Å². The number of aromatic nitrogens is 4. The number of likely N-dealkylation sites (tertiary alicyclic amines) is 1. The number of amides is 1. The van der Waals surface area contributed by atoms with Gasteiger partial charge in [0.05, 0.1) is 6.54 Å². The maximum atomic E-state index is 13.2. The number of aryl methyl sites for hydroxylation is 1. The van der Waals surface area contributed by atoms with Crippen molar-refractivity contribution in [3.8, 4) is 0 Å². The molecule has 0 N–H and O–H groups in total. The topological polar surface area (TPSA) is 85.5 Å². The summed E-state index contributed by atoms with van der Waals surface area (Å²) in [5.74, 6) is 1.43. The predicted octanol–water partition coefficient (Wildman–Crippen LogP) is 0.591. The van der Waals surface area contributed by atoms with Gasteiger partial charge in [-0.15, -0.1) is 10.2 Å². The monoisotopic (exact) mass is 414 g/mol. The van der Waals surface area contributed by atoms with Gasteiger partial charge in [-0.3, -0.25) is 14.5 Å². The van der Waals surface area contributed by atoms with Gasteiger partial charge in [-0.2, -0.15) is 0 Å². The van der Waals surface area contributed by atoms with E-state index < -0.39 is 0 Å². The van der Waals surface area contributed by atoms with Crippen molar-refractivity contribution < 1.29 is 9.53 Å². The molecule has 2 aromatic heterocycles. The summed E-state index contributed by atoms with van der Waals surface area (Å²) < 4.78 is 9.12. The quantitative estimate of drug-likeness (QED) is 0.659. The Hall–Kier alpha value is -2.52. The molecule has 2 atom stereocenters. The molecular weight excluding hydrogens is 384 g/mol. The van der Waals surface area contributed by atoms with Crippen molar-refractivity contribution in [1.29, 1.82) is 0 Å². The van der Waals surface area contributed by atoms with Crippen molar-refractivity contribution in [1.82, 2.24) is 29.1 Å². The maximum Gasteiger partial charge on any atom is 0.255 e. The standard InChI is InChI=1S/C21H30N6O3/c1-4-30-13-20(28)26-8-15-7-17(11-26)18-6-5-16(21(29)27(18)9-15)10-24(2)12-19-23-22-14-25(19)3/h5-6,14-15,17H,4,7-13H2,1-3H3/t15-,17+/m0/s1. The Morgan fingerprint density at radius 2 is 2.10 bits per heavy atom. The normalized spacial score (nSPS) is 20.5. The lowest BCUT2D eigenvalue weighted by atomic mass is 9.83. The molecule has 2 aliphatic rings. The maximum absolute atomic E-state index is 13.2. The van der Waals surface area contributed by atoms with E-state index in [0.29, 0.717) is 45.2 Å². The van der Waals surface area contributed by atoms with Crippen LogP contribution in [0.1, 0.15) is 36.3 Å². The van der Waals surface area contributed by atoms with Gasteiger partial charge in [0.1, 0.15) is 18.8 Å². The molecule has 0 radical (unpaired) electrons. The largest absolute Gasteiger partial charge is 0.372 e. The minimum atomic E-state index is 0.0457. The molecule has 4 rings (SSSR count). The molecule has 0 saturated carbocycles. The molecule has 1 fully saturated rings. The van der Waals surface area contributed by atoms with Crippen molar-refractivity contribution in [3.63, 3.8) is 0 Å². The Balaban J connectivity index is 1.48. The van der Waals surface area contributed by atoms with Crippen LogP contribution < -0.4 is 5.56 Å². The number of piperidine rings is 1. The summed E-state index contributed by atoms with van der Waals surface area (Å²) in [6.45, 7) is 5.78. The summed E-state index contributed by atoms with van der Waals surface area (Å²) in [7, 11) is 3.90. The van der Waals surface area contributed by atoms with Crippen LogP contribution in [-0.2, 0) is 36.2 Å². The SMILES string of the molecule is CCOCC(=O)N1C[C@@H]2C[C@H](C1)c1ccc(CN(C)Cc3nncn3C)c(=O)n1C2. The van der Waals surface area contributed by atoms with E-state index in [1.807, 2.05) is 41.1 Å². The number of ether oxygens (including phenoxy) is 1. The highest BCUT2D eigenvalue weighted by molar-refractivity contribution is 5.77. The van der Waals surface area contributed by atoms with Crippen molar-refractivity contribution in [2.75, 3.05) is 33.4 Å². The highest BCUT2D eigenvalue weighted by atomic mass is 16.5. The number of fused-ring (bicyclic) bond motifs is 4. The van der Waals surface area contributed by atoms with Crippen LogP contribution in [0.15, 0.2) is 23.3 Å². The van der Waals surface area contributed by atoms with Crippen molar-refractivity contribution in [2.24, 2.45) is 13.0 Å². The lowest BCUT2D eigenvalue weighted by molar-refractivity contribution is -0.138. The second-order valence-corrected chi connectivity index (χ2v) is 8.46. The molecular formula is C21H30N6O3. The van der Waals surface area contributed by atoms with E-state index in [1.165, 1.54) is 0 Å². The molecule has 30 heavy (non-hydrogen) atoms. The first-order valence-electron chi connectivity index (χ1n) is 10.6. The van der Waals surface area contributed by atoms with Crippen LogP contribution in [0.3, 0.4) is 0 Å². The van der Waals surface area contributed by atoms with E-state index in [2.05, 4.69) is 21.2 Å². The molecule has 2 aromatic rings. The Morgan fingerprint density at radius 1 is 1.27 bits per heavy atom. The first kappa shape index (κ1) is 20.7. The fourth-order valence-corrected chi connectivity index (χ4v) is 4.63. The zero-order chi connectivity index (χ0) is 21.3. The van der Waals surface area contributed by atoms with E-state index >= 15 is 0 Å². The zero-order valence-corrected chi connectivity index (χ0v) is 18.0. The summed E-state index contributed by atoms with van der Waals surface area (Å²) in [5, 5.41) is 8.02. The lowest BCUT2D eigenvalue weighted by Crippen LogP contribution is -2.50. The van der Waals surface area contributed by atoms with Crippen molar-refractivity contribution >= 4 is 5.91 Å². The summed E-state index contributed by atoms with van der Waals surface area (Å²) in [5.41, 5.74) is 1.92. The van der Waals surface area contributed by atoms with Gasteiger partial charge in [0.15, 0.2) is 0 Å². The molecule has 4 heterocycles. The summed E-state index contributed by atoms with van der Waals surface area (Å²) in [6, 6.07) is 4.02. The van der Waals surface area contributed by atoms with Crippen molar-refractivity contribution in [3.05, 3.63) is 45.9 Å². The molecule has 0 aliphatic carbocycles. The fourth-order valence-electron chi connectivity index (χ4n) is 4.63. The second kappa shape index (κ2) is 8.69. The van der Waals surface area contributed by atoms with Crippen LogP contribution in [0.2, 0.25) is 0 Å². The van der Waals surface area contributed by atoms with Gasteiger partial charge in [-0.25, -0.2) is 0 Å². The molecule has 162 valence electrons. The molecule has 9 nitrogen and oxygen atoms in total. The predicted molar refractivity (Wildman–Crippen MR) is 111 cm³/mol. The number of carbonyl (C=O) groups is 1. The van der Waals surface area contributed by atoms with Crippen LogP contribution >= 0.6 is 0 Å². The van der Waals surface area contributed by atoms with Gasteiger partial charge in [0.2, 0.25) is 5.91 Å². The number of pyridine rings is 1. The van der Waals surface area contributed by atoms with E-state index in [-0.39, 0.29) is 24.0 Å². The van der Waals surface area contributed by atoms with Gasteiger partial charge in [-0.1, -0.05) is 6.07 Å². The van der Waals surface area contributed by atoms with Gasteiger partial charge in [-0.05, 0) is 32.4 Å². The average molecular weight is 415 g/mol. The van der Waals surface area contributed by atoms with E-state index in [1.54, 1.807) is 6.33 Å². The number of nitrogens with zero attached hydrogens (tertiary/aromatic N) is 6. The van der Waals surface area contributed by atoms with Crippen LogP contribution in [0.5, 0.6) is 0 Å². The third-order valence-corrected chi connectivity index (χ3v) is 6.12. The Bertz CT molecular complexity index is 968. The first-order chi connectivity index (χ1) is 14.5. The van der Waals surface area contributed by atoms with Crippen molar-refractivity contribution in [2.45, 2.75) is 38.9 Å². The molecule has 1 amide bonds. The number of hydrogen-bond acceptors (Lipinski definition) is 6. The van der Waals surface area contributed by atoms with Crippen LogP contribution in [0, 0.1) is 5.92 Å². The molecule has 2 bridgehead atoms. The Labute approximate surface area is 176 Å². The third kappa shape index (κ3) is 4.17. The van der Waals surface area contributed by atoms with Gasteiger partial charge < -0.3 is 18.8 Å². The molecule has 0 aromatic carbocycles. The summed E-state index contributed by atoms with van der Waals surface area (Å²) >= 11 is 0. The average Bonchev–Trinajstić information content (AvgIpc) is 3.12. The zero-order valence-electron chi connectivity index (χ0n) is 18.0. The van der Waals surface area contributed by atoms with Crippen LogP contribution in [0.25, 0.3) is 0 Å². The molecule has 9 heteroatoms. The highest BCUT2D eigenvalue weighted by Gasteiger charge is 2.36. The molecule has 2 aliphatic heterocycles. The molecule has 0 unspecified atom stereocenters. The fraction of sp³-hybridized carbons (Fsp3) is 0.619. The minimum absolute atomic E-state index is 0.0457. The van der Waals surface area contributed by atoms with E-state index in [0.717, 1.165) is 23.5 Å². The van der Waals surface area contributed by atoms with E-state index in [4.69, 9.17) is 4.74 Å². The Kier molecular flexibility index (Phi) is 6.01. The minimum Gasteiger partial charge on any atom is -0.372 e. The molecule has 0 spiro atoms. The van der Waals surface area contributed by atoms with Crippen LogP contribution in [0.4, 0.5) is 0 Å². The summed E-state index contributed by atoms with van der Waals surface area (Å²) in [6.07, 6.45) is 2.71. The third-order valence-electron chi connectivity index (χ3n) is 6.12. The first-order valence-corrected chi connectivity index (χ1v) is 10.6. The number of carbonyl (C=O) groups excluding carboxylic acids is 1. The van der Waals surface area contributed by atoms with Gasteiger partial charge >= 0.3 is 0 Å². The summed E-state index contributed by atoms with van der Waals surface area (Å²) in [4.78, 5) is 29.6.